The van der Waals surface area contributed by atoms with E-state index in [0.717, 1.165) is 37.1 Å². The third-order valence-electron chi connectivity index (χ3n) is 5.10. The van der Waals surface area contributed by atoms with Crippen molar-refractivity contribution in [1.82, 2.24) is 0 Å². The van der Waals surface area contributed by atoms with Gasteiger partial charge in [0.25, 0.3) is 0 Å². The van der Waals surface area contributed by atoms with Gasteiger partial charge in [0, 0.05) is 16.8 Å². The summed E-state index contributed by atoms with van der Waals surface area (Å²) in [6.45, 7) is 2.29. The number of rotatable bonds is 2. The number of carbonyl (C=O) groups is 1. The number of nitrogens with one attached hydrogen (secondary N) is 2. The number of esters is 1. The number of benzene rings is 2. The van der Waals surface area contributed by atoms with Crippen LogP contribution in [0.4, 0.5) is 11.4 Å². The molecule has 2 aromatic carbocycles. The lowest BCUT2D eigenvalue weighted by Crippen LogP contribution is -2.58. The van der Waals surface area contributed by atoms with Crippen molar-refractivity contribution in [2.45, 2.75) is 38.3 Å². The van der Waals surface area contributed by atoms with Gasteiger partial charge in [0.15, 0.2) is 0 Å². The van der Waals surface area contributed by atoms with Gasteiger partial charge in [-0.15, -0.1) is 0 Å². The van der Waals surface area contributed by atoms with Gasteiger partial charge in [0.05, 0.1) is 12.5 Å². The van der Waals surface area contributed by atoms with E-state index in [9.17, 15) is 4.79 Å². The zero-order valence-corrected chi connectivity index (χ0v) is 13.4. The molecule has 0 aromatic heterocycles. The van der Waals surface area contributed by atoms with E-state index in [4.69, 9.17) is 4.74 Å². The fourth-order valence-electron chi connectivity index (χ4n) is 4.10. The van der Waals surface area contributed by atoms with E-state index in [2.05, 4.69) is 47.0 Å². The van der Waals surface area contributed by atoms with Crippen LogP contribution in [0.3, 0.4) is 0 Å². The summed E-state index contributed by atoms with van der Waals surface area (Å²) in [6.07, 6.45) is 3.95. The molecule has 1 spiro atoms. The van der Waals surface area contributed by atoms with Crippen LogP contribution in [0.25, 0.3) is 10.8 Å². The van der Waals surface area contributed by atoms with Crippen molar-refractivity contribution in [2.75, 3.05) is 17.2 Å². The van der Waals surface area contributed by atoms with Gasteiger partial charge in [-0.3, -0.25) is 4.79 Å². The lowest BCUT2D eigenvalue weighted by atomic mass is 9.77. The first-order valence-corrected chi connectivity index (χ1v) is 8.48. The number of ether oxygens (including phenoxy) is 1. The molecule has 4 rings (SSSR count). The average Bonchev–Trinajstić information content (AvgIpc) is 2.56. The summed E-state index contributed by atoms with van der Waals surface area (Å²) in [5.74, 6) is -0.265. The molecular formula is C19H22N2O2. The molecule has 0 radical (unpaired) electrons. The van der Waals surface area contributed by atoms with Gasteiger partial charge in [0.1, 0.15) is 5.66 Å². The molecule has 1 saturated carbocycles. The Kier molecular flexibility index (Phi) is 3.40. The van der Waals surface area contributed by atoms with Gasteiger partial charge in [0.2, 0.25) is 0 Å². The summed E-state index contributed by atoms with van der Waals surface area (Å²) < 4.78 is 5.35. The molecule has 1 fully saturated rings. The third-order valence-corrected chi connectivity index (χ3v) is 5.10. The number of hydrogen-bond donors (Lipinski definition) is 2. The van der Waals surface area contributed by atoms with Gasteiger partial charge in [-0.1, -0.05) is 30.7 Å². The van der Waals surface area contributed by atoms with E-state index in [1.807, 2.05) is 6.92 Å². The minimum Gasteiger partial charge on any atom is -0.466 e. The number of hydrogen-bond acceptors (Lipinski definition) is 4. The van der Waals surface area contributed by atoms with Crippen LogP contribution in [0, 0.1) is 5.92 Å². The molecule has 2 aromatic rings. The molecule has 0 bridgehead atoms. The second-order valence-electron chi connectivity index (χ2n) is 6.48. The van der Waals surface area contributed by atoms with Crippen LogP contribution in [0.5, 0.6) is 0 Å². The monoisotopic (exact) mass is 310 g/mol. The van der Waals surface area contributed by atoms with E-state index in [1.165, 1.54) is 10.8 Å². The smallest absolute Gasteiger partial charge is 0.313 e. The van der Waals surface area contributed by atoms with Gasteiger partial charge < -0.3 is 15.4 Å². The Balaban J connectivity index is 1.79. The summed E-state index contributed by atoms with van der Waals surface area (Å²) in [5, 5.41) is 9.72. The van der Waals surface area contributed by atoms with Crippen LogP contribution in [-0.2, 0) is 9.53 Å². The van der Waals surface area contributed by atoms with E-state index in [-0.39, 0.29) is 11.9 Å². The average molecular weight is 310 g/mol. The molecule has 23 heavy (non-hydrogen) atoms. The van der Waals surface area contributed by atoms with Crippen LogP contribution in [-0.4, -0.2) is 18.2 Å². The highest BCUT2D eigenvalue weighted by Gasteiger charge is 2.47. The Morgan fingerprint density at radius 1 is 1.17 bits per heavy atom. The van der Waals surface area contributed by atoms with Crippen molar-refractivity contribution in [3.8, 4) is 0 Å². The quantitative estimate of drug-likeness (QED) is 0.819. The van der Waals surface area contributed by atoms with E-state index in [1.54, 1.807) is 0 Å². The Bertz CT molecular complexity index is 715. The van der Waals surface area contributed by atoms with Crippen molar-refractivity contribution in [3.63, 3.8) is 0 Å². The zero-order valence-electron chi connectivity index (χ0n) is 13.4. The molecular weight excluding hydrogens is 288 g/mol. The maximum absolute atomic E-state index is 12.5. The molecule has 4 nitrogen and oxygen atoms in total. The van der Waals surface area contributed by atoms with Crippen molar-refractivity contribution in [3.05, 3.63) is 36.4 Å². The maximum atomic E-state index is 12.5. The Morgan fingerprint density at radius 3 is 2.52 bits per heavy atom. The Hall–Kier alpha value is -2.23. The Labute approximate surface area is 136 Å². The maximum Gasteiger partial charge on any atom is 0.313 e. The summed E-state index contributed by atoms with van der Waals surface area (Å²) in [4.78, 5) is 12.5. The topological polar surface area (TPSA) is 50.4 Å². The molecule has 4 heteroatoms. The van der Waals surface area contributed by atoms with Crippen molar-refractivity contribution in [2.24, 2.45) is 5.92 Å². The number of anilines is 2. The van der Waals surface area contributed by atoms with Gasteiger partial charge >= 0.3 is 5.97 Å². The molecule has 0 amide bonds. The fourth-order valence-corrected chi connectivity index (χ4v) is 4.10. The minimum atomic E-state index is -0.437. The third kappa shape index (κ3) is 2.24. The summed E-state index contributed by atoms with van der Waals surface area (Å²) >= 11 is 0. The molecule has 2 aliphatic rings. The SMILES string of the molecule is CCOC(=O)C1CCCCC12Nc1cccc3cccc(c13)N2. The van der Waals surface area contributed by atoms with Crippen molar-refractivity contribution in [1.29, 1.82) is 0 Å². The molecule has 120 valence electrons. The van der Waals surface area contributed by atoms with Crippen LogP contribution in [0.1, 0.15) is 32.6 Å². The van der Waals surface area contributed by atoms with E-state index < -0.39 is 5.66 Å². The molecule has 0 saturated heterocycles. The summed E-state index contributed by atoms with van der Waals surface area (Å²) in [5.41, 5.74) is 1.77. The van der Waals surface area contributed by atoms with Crippen LogP contribution in [0.2, 0.25) is 0 Å². The standard InChI is InChI=1S/C19H22N2O2/c1-2-23-18(22)14-9-3-4-12-19(14)20-15-10-5-7-13-8-6-11-16(21-19)17(13)15/h5-8,10-11,14,20-21H,2-4,9,12H2,1H3. The molecule has 1 aliphatic heterocycles. The first kappa shape index (κ1) is 14.4. The minimum absolute atomic E-state index is 0.0984. The summed E-state index contributed by atoms with van der Waals surface area (Å²) in [6, 6.07) is 12.6. The first-order valence-electron chi connectivity index (χ1n) is 8.48. The second kappa shape index (κ2) is 5.44. The highest BCUT2D eigenvalue weighted by atomic mass is 16.5. The van der Waals surface area contributed by atoms with E-state index in [0.29, 0.717) is 6.61 Å². The fraction of sp³-hybridized carbons (Fsp3) is 0.421. The highest BCUT2D eigenvalue weighted by Crippen LogP contribution is 2.45. The zero-order chi connectivity index (χ0) is 15.9. The predicted molar refractivity (Wildman–Crippen MR) is 92.5 cm³/mol. The predicted octanol–water partition coefficient (Wildman–Crippen LogP) is 4.13. The molecule has 1 atom stereocenters. The number of carbonyl (C=O) groups excluding carboxylic acids is 1. The van der Waals surface area contributed by atoms with Gasteiger partial charge in [-0.05, 0) is 43.7 Å². The van der Waals surface area contributed by atoms with E-state index >= 15 is 0 Å². The van der Waals surface area contributed by atoms with Crippen LogP contribution >= 0.6 is 0 Å². The lowest BCUT2D eigenvalue weighted by Gasteiger charge is -2.47. The normalized spacial score (nSPS) is 21.5. The largest absolute Gasteiger partial charge is 0.466 e. The lowest BCUT2D eigenvalue weighted by molar-refractivity contribution is -0.151. The van der Waals surface area contributed by atoms with Crippen molar-refractivity contribution < 1.29 is 9.53 Å². The van der Waals surface area contributed by atoms with Crippen LogP contribution < -0.4 is 10.6 Å². The molecule has 1 heterocycles. The highest BCUT2D eigenvalue weighted by molar-refractivity contribution is 6.05. The van der Waals surface area contributed by atoms with Gasteiger partial charge in [-0.25, -0.2) is 0 Å². The van der Waals surface area contributed by atoms with Gasteiger partial charge in [-0.2, -0.15) is 0 Å². The van der Waals surface area contributed by atoms with Crippen LogP contribution in [0.15, 0.2) is 36.4 Å². The first-order chi connectivity index (χ1) is 11.2. The van der Waals surface area contributed by atoms with Crippen molar-refractivity contribution >= 4 is 28.1 Å². The molecule has 1 aliphatic carbocycles. The molecule has 2 N–H and O–H groups in total. The Morgan fingerprint density at radius 2 is 1.87 bits per heavy atom. The second-order valence-corrected chi connectivity index (χ2v) is 6.48. The summed E-state index contributed by atoms with van der Waals surface area (Å²) in [7, 11) is 0. The molecule has 1 unspecified atom stereocenters.